The van der Waals surface area contributed by atoms with Crippen LogP contribution in [0.4, 0.5) is 0 Å². The Hall–Kier alpha value is -1.75. The second-order valence-electron chi connectivity index (χ2n) is 4.64. The van der Waals surface area contributed by atoms with Crippen LogP contribution in [0.1, 0.15) is 25.1 Å². The van der Waals surface area contributed by atoms with Crippen molar-refractivity contribution in [2.75, 3.05) is 13.2 Å². The van der Waals surface area contributed by atoms with E-state index in [1.54, 1.807) is 4.68 Å². The molecule has 0 aliphatic heterocycles. The SMILES string of the molecule is CCOc1cc(Cl)c(CCc2cn(C)nn2)cc1OCC. The summed E-state index contributed by atoms with van der Waals surface area (Å²) in [5, 5.41) is 8.69. The Morgan fingerprint density at radius 3 is 2.33 bits per heavy atom. The predicted molar refractivity (Wildman–Crippen MR) is 82.2 cm³/mol. The summed E-state index contributed by atoms with van der Waals surface area (Å²) < 4.78 is 12.9. The lowest BCUT2D eigenvalue weighted by Crippen LogP contribution is -2.01. The van der Waals surface area contributed by atoms with E-state index >= 15 is 0 Å². The molecule has 2 rings (SSSR count). The molecule has 1 heterocycles. The fraction of sp³-hybridized carbons (Fsp3) is 0.467. The molecule has 0 saturated carbocycles. The maximum absolute atomic E-state index is 6.33. The molecule has 0 saturated heterocycles. The minimum absolute atomic E-state index is 0.579. The summed E-state index contributed by atoms with van der Waals surface area (Å²) in [6.45, 7) is 5.05. The Labute approximate surface area is 129 Å². The van der Waals surface area contributed by atoms with Crippen molar-refractivity contribution < 1.29 is 9.47 Å². The molecular formula is C15H20ClN3O2. The zero-order valence-corrected chi connectivity index (χ0v) is 13.4. The van der Waals surface area contributed by atoms with E-state index < -0.39 is 0 Å². The number of nitrogens with zero attached hydrogens (tertiary/aromatic N) is 3. The fourth-order valence-electron chi connectivity index (χ4n) is 2.08. The molecule has 0 amide bonds. The van der Waals surface area contributed by atoms with Gasteiger partial charge < -0.3 is 9.47 Å². The molecule has 0 radical (unpaired) electrons. The number of halogens is 1. The van der Waals surface area contributed by atoms with Crippen molar-refractivity contribution >= 4 is 11.6 Å². The average molecular weight is 310 g/mol. The van der Waals surface area contributed by atoms with Crippen molar-refractivity contribution in [3.05, 3.63) is 34.6 Å². The lowest BCUT2D eigenvalue weighted by atomic mass is 10.1. The van der Waals surface area contributed by atoms with Crippen molar-refractivity contribution in [3.8, 4) is 11.5 Å². The Morgan fingerprint density at radius 1 is 1.10 bits per heavy atom. The third-order valence-electron chi connectivity index (χ3n) is 3.01. The summed E-state index contributed by atoms with van der Waals surface area (Å²) in [6, 6.07) is 3.77. The van der Waals surface area contributed by atoms with E-state index in [-0.39, 0.29) is 0 Å². The second kappa shape index (κ2) is 7.31. The van der Waals surface area contributed by atoms with Crippen LogP contribution in [0.25, 0.3) is 0 Å². The van der Waals surface area contributed by atoms with Crippen molar-refractivity contribution in [1.29, 1.82) is 0 Å². The highest BCUT2D eigenvalue weighted by Gasteiger charge is 2.11. The van der Waals surface area contributed by atoms with E-state index in [1.165, 1.54) is 0 Å². The van der Waals surface area contributed by atoms with Crippen molar-refractivity contribution in [2.24, 2.45) is 7.05 Å². The van der Waals surface area contributed by atoms with Crippen molar-refractivity contribution in [2.45, 2.75) is 26.7 Å². The highest BCUT2D eigenvalue weighted by Crippen LogP contribution is 2.34. The van der Waals surface area contributed by atoms with Gasteiger partial charge in [-0.1, -0.05) is 16.8 Å². The monoisotopic (exact) mass is 309 g/mol. The Morgan fingerprint density at radius 2 is 1.76 bits per heavy atom. The maximum Gasteiger partial charge on any atom is 0.162 e. The first-order valence-electron chi connectivity index (χ1n) is 7.07. The zero-order chi connectivity index (χ0) is 15.2. The second-order valence-corrected chi connectivity index (χ2v) is 5.05. The van der Waals surface area contributed by atoms with Crippen LogP contribution in [0.2, 0.25) is 5.02 Å². The van der Waals surface area contributed by atoms with Gasteiger partial charge in [0.15, 0.2) is 11.5 Å². The van der Waals surface area contributed by atoms with Crippen LogP contribution in [0, 0.1) is 0 Å². The third-order valence-corrected chi connectivity index (χ3v) is 3.36. The largest absolute Gasteiger partial charge is 0.490 e. The highest BCUT2D eigenvalue weighted by atomic mass is 35.5. The number of aryl methyl sites for hydroxylation is 3. The molecule has 0 aliphatic rings. The molecule has 0 bridgehead atoms. The molecule has 0 unspecified atom stereocenters. The molecule has 0 N–H and O–H groups in total. The minimum atomic E-state index is 0.579. The molecule has 2 aromatic rings. The molecule has 1 aromatic heterocycles. The van der Waals surface area contributed by atoms with E-state index in [1.807, 2.05) is 39.2 Å². The molecule has 114 valence electrons. The van der Waals surface area contributed by atoms with Crippen LogP contribution < -0.4 is 9.47 Å². The Balaban J connectivity index is 2.16. The van der Waals surface area contributed by atoms with Crippen LogP contribution >= 0.6 is 11.6 Å². The Bertz CT molecular complexity index is 599. The van der Waals surface area contributed by atoms with Gasteiger partial charge in [-0.05, 0) is 38.3 Å². The molecule has 0 aliphatic carbocycles. The zero-order valence-electron chi connectivity index (χ0n) is 12.6. The van der Waals surface area contributed by atoms with Crippen LogP contribution in [-0.4, -0.2) is 28.2 Å². The number of rotatable bonds is 7. The van der Waals surface area contributed by atoms with Gasteiger partial charge >= 0.3 is 0 Å². The summed E-state index contributed by atoms with van der Waals surface area (Å²) in [6.07, 6.45) is 3.48. The molecular weight excluding hydrogens is 290 g/mol. The van der Waals surface area contributed by atoms with Crippen LogP contribution in [-0.2, 0) is 19.9 Å². The van der Waals surface area contributed by atoms with Crippen LogP contribution in [0.15, 0.2) is 18.3 Å². The third kappa shape index (κ3) is 4.11. The summed E-state index contributed by atoms with van der Waals surface area (Å²) in [5.41, 5.74) is 1.97. The van der Waals surface area contributed by atoms with Gasteiger partial charge in [0.1, 0.15) is 0 Å². The number of hydrogen-bond acceptors (Lipinski definition) is 4. The standard InChI is InChI=1S/C15H20ClN3O2/c1-4-20-14-8-11(13(16)9-15(14)21-5-2)6-7-12-10-19(3)18-17-12/h8-10H,4-7H2,1-3H3. The number of benzene rings is 1. The maximum atomic E-state index is 6.33. The first-order chi connectivity index (χ1) is 10.1. The predicted octanol–water partition coefficient (Wildman–Crippen LogP) is 3.05. The fourth-order valence-corrected chi connectivity index (χ4v) is 2.33. The van der Waals surface area contributed by atoms with Crippen molar-refractivity contribution in [1.82, 2.24) is 15.0 Å². The van der Waals surface area contributed by atoms with Crippen molar-refractivity contribution in [3.63, 3.8) is 0 Å². The van der Waals surface area contributed by atoms with E-state index in [9.17, 15) is 0 Å². The topological polar surface area (TPSA) is 49.2 Å². The summed E-state index contributed by atoms with van der Waals surface area (Å²) in [5.74, 6) is 1.42. The summed E-state index contributed by atoms with van der Waals surface area (Å²) in [4.78, 5) is 0. The van der Waals surface area contributed by atoms with Gasteiger partial charge in [0.05, 0.1) is 18.9 Å². The van der Waals surface area contributed by atoms with Crippen LogP contribution in [0.3, 0.4) is 0 Å². The normalized spacial score (nSPS) is 10.7. The van der Waals surface area contributed by atoms with E-state index in [0.29, 0.717) is 24.0 Å². The van der Waals surface area contributed by atoms with Crippen LogP contribution in [0.5, 0.6) is 11.5 Å². The van der Waals surface area contributed by atoms with Gasteiger partial charge in [-0.2, -0.15) is 0 Å². The smallest absolute Gasteiger partial charge is 0.162 e. The molecule has 1 aromatic carbocycles. The number of ether oxygens (including phenoxy) is 2. The summed E-state index contributed by atoms with van der Waals surface area (Å²) >= 11 is 6.33. The molecule has 5 nitrogen and oxygen atoms in total. The van der Waals surface area contributed by atoms with E-state index in [2.05, 4.69) is 10.3 Å². The molecule has 21 heavy (non-hydrogen) atoms. The van der Waals surface area contributed by atoms with E-state index in [0.717, 1.165) is 29.8 Å². The number of aromatic nitrogens is 3. The number of hydrogen-bond donors (Lipinski definition) is 0. The van der Waals surface area contributed by atoms with Gasteiger partial charge in [0.2, 0.25) is 0 Å². The highest BCUT2D eigenvalue weighted by molar-refractivity contribution is 6.31. The van der Waals surface area contributed by atoms with Gasteiger partial charge in [0, 0.05) is 24.3 Å². The summed E-state index contributed by atoms with van der Waals surface area (Å²) in [7, 11) is 1.85. The quantitative estimate of drug-likeness (QED) is 0.789. The average Bonchev–Trinajstić information content (AvgIpc) is 2.86. The Kier molecular flexibility index (Phi) is 5.44. The molecule has 0 fully saturated rings. The molecule has 6 heteroatoms. The van der Waals surface area contributed by atoms with E-state index in [4.69, 9.17) is 21.1 Å². The van der Waals surface area contributed by atoms with Gasteiger partial charge in [-0.3, -0.25) is 4.68 Å². The first kappa shape index (κ1) is 15.6. The lowest BCUT2D eigenvalue weighted by Gasteiger charge is -2.13. The first-order valence-corrected chi connectivity index (χ1v) is 7.45. The minimum Gasteiger partial charge on any atom is -0.490 e. The van der Waals surface area contributed by atoms with Gasteiger partial charge in [-0.15, -0.1) is 5.10 Å². The van der Waals surface area contributed by atoms with Gasteiger partial charge in [-0.25, -0.2) is 0 Å². The van der Waals surface area contributed by atoms with Gasteiger partial charge in [0.25, 0.3) is 0 Å². The molecule has 0 spiro atoms. The lowest BCUT2D eigenvalue weighted by molar-refractivity contribution is 0.287. The molecule has 0 atom stereocenters.